The Kier molecular flexibility index (Phi) is 4.44. The first-order valence-electron chi connectivity index (χ1n) is 10.1. The van der Waals surface area contributed by atoms with Gasteiger partial charge in [-0.25, -0.2) is 8.96 Å². The predicted molar refractivity (Wildman–Crippen MR) is 110 cm³/mol. The van der Waals surface area contributed by atoms with Crippen molar-refractivity contribution < 1.29 is 8.96 Å². The Morgan fingerprint density at radius 1 is 0.821 bits per heavy atom. The molecule has 4 aromatic rings. The zero-order chi connectivity index (χ0) is 18.9. The molecular formula is C25H24FN2+. The zero-order valence-corrected chi connectivity index (χ0v) is 15.9. The minimum Gasteiger partial charge on any atom is -0.340 e. The van der Waals surface area contributed by atoms with Crippen LogP contribution in [0.2, 0.25) is 0 Å². The number of hydrogen-bond donors (Lipinski definition) is 0. The number of benzene rings is 2. The van der Waals surface area contributed by atoms with Gasteiger partial charge < -0.3 is 4.57 Å². The van der Waals surface area contributed by atoms with Gasteiger partial charge in [0.15, 0.2) is 18.9 Å². The molecule has 2 aromatic carbocycles. The van der Waals surface area contributed by atoms with E-state index in [1.165, 1.54) is 60.0 Å². The summed E-state index contributed by atoms with van der Waals surface area (Å²) in [5.41, 5.74) is 6.85. The van der Waals surface area contributed by atoms with Crippen molar-refractivity contribution in [1.82, 2.24) is 4.57 Å². The molecule has 0 saturated heterocycles. The standard InChI is InChI=1S/C25H24FN2/c26-21-11-9-19(10-12-21)17-27-15-13-20(14-16-27)18-28-24-7-3-1-5-22(24)23-6-2-4-8-25(23)28/h1,3,5,7,9-16H,2,4,6,8,17-18H2/q+1. The maximum atomic E-state index is 13.1. The fourth-order valence-corrected chi connectivity index (χ4v) is 4.45. The normalized spacial score (nSPS) is 13.6. The number of aryl methyl sites for hydroxylation is 1. The Hall–Kier alpha value is -2.94. The first-order valence-corrected chi connectivity index (χ1v) is 10.1. The lowest BCUT2D eigenvalue weighted by Gasteiger charge is -2.16. The lowest BCUT2D eigenvalue weighted by molar-refractivity contribution is -0.688. The Labute approximate surface area is 164 Å². The second-order valence-corrected chi connectivity index (χ2v) is 7.74. The number of aromatic nitrogens is 2. The molecule has 1 aliphatic rings. The van der Waals surface area contributed by atoms with E-state index in [4.69, 9.17) is 0 Å². The molecule has 28 heavy (non-hydrogen) atoms. The second kappa shape index (κ2) is 7.23. The van der Waals surface area contributed by atoms with Crippen LogP contribution in [0.15, 0.2) is 73.1 Å². The van der Waals surface area contributed by atoms with Crippen LogP contribution in [0.3, 0.4) is 0 Å². The molecule has 0 N–H and O–H groups in total. The summed E-state index contributed by atoms with van der Waals surface area (Å²) in [6.07, 6.45) is 9.22. The molecule has 2 heterocycles. The van der Waals surface area contributed by atoms with Gasteiger partial charge in [-0.15, -0.1) is 0 Å². The van der Waals surface area contributed by atoms with E-state index in [1.807, 2.05) is 12.1 Å². The topological polar surface area (TPSA) is 8.81 Å². The van der Waals surface area contributed by atoms with Crippen LogP contribution in [0.25, 0.3) is 10.9 Å². The van der Waals surface area contributed by atoms with E-state index in [-0.39, 0.29) is 5.82 Å². The van der Waals surface area contributed by atoms with E-state index in [9.17, 15) is 4.39 Å². The van der Waals surface area contributed by atoms with Crippen LogP contribution in [0, 0.1) is 5.82 Å². The maximum absolute atomic E-state index is 13.1. The van der Waals surface area contributed by atoms with E-state index in [2.05, 4.69) is 57.9 Å². The summed E-state index contributed by atoms with van der Waals surface area (Å²) >= 11 is 0. The van der Waals surface area contributed by atoms with Crippen molar-refractivity contribution in [2.45, 2.75) is 38.8 Å². The van der Waals surface area contributed by atoms with Crippen molar-refractivity contribution in [2.24, 2.45) is 0 Å². The Balaban J connectivity index is 1.41. The van der Waals surface area contributed by atoms with E-state index >= 15 is 0 Å². The van der Waals surface area contributed by atoms with Crippen molar-refractivity contribution in [1.29, 1.82) is 0 Å². The molecule has 0 radical (unpaired) electrons. The van der Waals surface area contributed by atoms with Gasteiger partial charge in [-0.3, -0.25) is 0 Å². The third-order valence-electron chi connectivity index (χ3n) is 5.86. The predicted octanol–water partition coefficient (Wildman–Crippen LogP) is 5.04. The molecule has 0 atom stereocenters. The monoisotopic (exact) mass is 371 g/mol. The fourth-order valence-electron chi connectivity index (χ4n) is 4.45. The highest BCUT2D eigenvalue weighted by atomic mass is 19.1. The summed E-state index contributed by atoms with van der Waals surface area (Å²) in [5, 5.41) is 1.43. The lowest BCUT2D eigenvalue weighted by atomic mass is 9.95. The van der Waals surface area contributed by atoms with Crippen LogP contribution >= 0.6 is 0 Å². The van der Waals surface area contributed by atoms with Crippen LogP contribution < -0.4 is 4.57 Å². The molecule has 140 valence electrons. The fraction of sp³-hybridized carbons (Fsp3) is 0.240. The van der Waals surface area contributed by atoms with Crippen molar-refractivity contribution >= 4 is 10.9 Å². The summed E-state index contributed by atoms with van der Waals surface area (Å²) < 4.78 is 17.7. The minimum absolute atomic E-state index is 0.189. The molecule has 2 nitrogen and oxygen atoms in total. The molecule has 0 unspecified atom stereocenters. The average molecular weight is 371 g/mol. The van der Waals surface area contributed by atoms with E-state index < -0.39 is 0 Å². The highest BCUT2D eigenvalue weighted by molar-refractivity contribution is 5.86. The molecule has 0 saturated carbocycles. The van der Waals surface area contributed by atoms with Crippen molar-refractivity contribution in [2.75, 3.05) is 0 Å². The van der Waals surface area contributed by atoms with Crippen molar-refractivity contribution in [3.8, 4) is 0 Å². The van der Waals surface area contributed by atoms with E-state index in [0.717, 1.165) is 18.7 Å². The molecule has 3 heteroatoms. The Morgan fingerprint density at radius 2 is 1.57 bits per heavy atom. The smallest absolute Gasteiger partial charge is 0.173 e. The first kappa shape index (κ1) is 17.2. The molecule has 2 aromatic heterocycles. The molecule has 0 bridgehead atoms. The summed E-state index contributed by atoms with van der Waals surface area (Å²) in [4.78, 5) is 0. The SMILES string of the molecule is Fc1ccc(C[n+]2ccc(Cn3c4c(c5ccccc53)CCCC4)cc2)cc1. The highest BCUT2D eigenvalue weighted by Crippen LogP contribution is 2.32. The summed E-state index contributed by atoms with van der Waals surface area (Å²) in [7, 11) is 0. The van der Waals surface area contributed by atoms with E-state index in [1.54, 1.807) is 5.56 Å². The molecular weight excluding hydrogens is 347 g/mol. The summed E-state index contributed by atoms with van der Waals surface area (Å²) in [6.45, 7) is 1.66. The maximum Gasteiger partial charge on any atom is 0.173 e. The van der Waals surface area contributed by atoms with Gasteiger partial charge in [-0.1, -0.05) is 18.2 Å². The Morgan fingerprint density at radius 3 is 2.39 bits per heavy atom. The number of nitrogens with zero attached hydrogens (tertiary/aromatic N) is 2. The first-order chi connectivity index (χ1) is 13.8. The van der Waals surface area contributed by atoms with Crippen LogP contribution in [0.1, 0.15) is 35.2 Å². The third-order valence-corrected chi connectivity index (χ3v) is 5.86. The van der Waals surface area contributed by atoms with Gasteiger partial charge in [-0.05, 0) is 67.1 Å². The summed E-state index contributed by atoms with van der Waals surface area (Å²) in [6, 6.07) is 20.0. The number of hydrogen-bond acceptors (Lipinski definition) is 0. The van der Waals surface area contributed by atoms with Gasteiger partial charge in [0.05, 0.1) is 0 Å². The van der Waals surface area contributed by atoms with Crippen LogP contribution in [0.5, 0.6) is 0 Å². The third kappa shape index (κ3) is 3.22. The number of pyridine rings is 1. The number of para-hydroxylation sites is 1. The average Bonchev–Trinajstić information content (AvgIpc) is 3.05. The second-order valence-electron chi connectivity index (χ2n) is 7.74. The number of rotatable bonds is 4. The van der Waals surface area contributed by atoms with Crippen molar-refractivity contribution in [3.63, 3.8) is 0 Å². The molecule has 0 fully saturated rings. The van der Waals surface area contributed by atoms with Gasteiger partial charge >= 0.3 is 0 Å². The van der Waals surface area contributed by atoms with Gasteiger partial charge in [0.25, 0.3) is 0 Å². The molecule has 5 rings (SSSR count). The summed E-state index contributed by atoms with van der Waals surface area (Å²) in [5.74, 6) is -0.189. The van der Waals surface area contributed by atoms with Crippen LogP contribution in [0.4, 0.5) is 4.39 Å². The zero-order valence-electron chi connectivity index (χ0n) is 15.9. The molecule has 0 amide bonds. The van der Waals surface area contributed by atoms with Crippen LogP contribution in [-0.4, -0.2) is 4.57 Å². The quantitative estimate of drug-likeness (QED) is 0.444. The Bertz CT molecular complexity index is 1110. The minimum atomic E-state index is -0.189. The van der Waals surface area contributed by atoms with Gasteiger partial charge in [0, 0.05) is 40.8 Å². The van der Waals surface area contributed by atoms with Gasteiger partial charge in [-0.2, -0.15) is 0 Å². The number of halogens is 1. The largest absolute Gasteiger partial charge is 0.340 e. The lowest BCUT2D eigenvalue weighted by Crippen LogP contribution is -2.33. The molecule has 1 aliphatic carbocycles. The molecule has 0 aliphatic heterocycles. The van der Waals surface area contributed by atoms with Crippen LogP contribution in [-0.2, 0) is 25.9 Å². The highest BCUT2D eigenvalue weighted by Gasteiger charge is 2.19. The van der Waals surface area contributed by atoms with Crippen molar-refractivity contribution in [3.05, 3.63) is 101 Å². The number of fused-ring (bicyclic) bond motifs is 3. The molecule has 0 spiro atoms. The van der Waals surface area contributed by atoms with E-state index in [0.29, 0.717) is 0 Å². The van der Waals surface area contributed by atoms with Gasteiger partial charge in [0.2, 0.25) is 0 Å². The van der Waals surface area contributed by atoms with Gasteiger partial charge in [0.1, 0.15) is 5.82 Å².